The average Bonchev–Trinajstić information content (AvgIpc) is 2.91. The summed E-state index contributed by atoms with van der Waals surface area (Å²) in [6, 6.07) is 18.9. The molecule has 0 aliphatic heterocycles. The summed E-state index contributed by atoms with van der Waals surface area (Å²) in [4.78, 5) is 0. The van der Waals surface area contributed by atoms with E-state index >= 15 is 0 Å². The van der Waals surface area contributed by atoms with Crippen LogP contribution in [0.1, 0.15) is 31.0 Å². The second-order valence-corrected chi connectivity index (χ2v) is 6.72. The molecule has 25 heavy (non-hydrogen) atoms. The van der Waals surface area contributed by atoms with Crippen molar-refractivity contribution in [2.45, 2.75) is 39.0 Å². The van der Waals surface area contributed by atoms with Crippen molar-refractivity contribution in [3.8, 4) is 0 Å². The maximum Gasteiger partial charge on any atom is 0.0912 e. The lowest BCUT2D eigenvalue weighted by Crippen LogP contribution is -2.37. The number of aliphatic hydroxyl groups is 1. The van der Waals surface area contributed by atoms with Crippen LogP contribution < -0.4 is 5.32 Å². The first-order chi connectivity index (χ1) is 11.6. The Kier molecular flexibility index (Phi) is 6.65. The topological polar surface area (TPSA) is 37.2 Å². The minimum Gasteiger partial charge on any atom is -0.389 e. The van der Waals surface area contributed by atoms with Crippen molar-refractivity contribution in [2.24, 2.45) is 0 Å². The first-order valence-electron chi connectivity index (χ1n) is 8.60. The highest BCUT2D eigenvalue weighted by Gasteiger charge is 2.24. The van der Waals surface area contributed by atoms with Crippen molar-refractivity contribution >= 4 is 23.3 Å². The number of fused-ring (bicyclic) bond motifs is 1. The number of hydrogen-bond donors (Lipinski definition) is 2. The fraction of sp³-hybridized carbons (Fsp3) is 0.333. The van der Waals surface area contributed by atoms with Gasteiger partial charge in [-0.3, -0.25) is 0 Å². The molecule has 1 heterocycles. The van der Waals surface area contributed by atoms with Gasteiger partial charge in [0, 0.05) is 29.7 Å². The van der Waals surface area contributed by atoms with E-state index in [-0.39, 0.29) is 18.4 Å². The van der Waals surface area contributed by atoms with Crippen molar-refractivity contribution in [3.63, 3.8) is 0 Å². The molecule has 2 unspecified atom stereocenters. The predicted octanol–water partition coefficient (Wildman–Crippen LogP) is 4.32. The molecule has 3 nitrogen and oxygen atoms in total. The van der Waals surface area contributed by atoms with Crippen LogP contribution in [-0.4, -0.2) is 28.4 Å². The molecule has 0 bridgehead atoms. The van der Waals surface area contributed by atoms with Crippen LogP contribution >= 0.6 is 12.4 Å². The molecule has 4 heteroatoms. The number of rotatable bonds is 6. The van der Waals surface area contributed by atoms with Gasteiger partial charge in [0.2, 0.25) is 0 Å². The van der Waals surface area contributed by atoms with Crippen molar-refractivity contribution in [1.29, 1.82) is 0 Å². The van der Waals surface area contributed by atoms with E-state index in [1.54, 1.807) is 0 Å². The van der Waals surface area contributed by atoms with Crippen LogP contribution in [0.15, 0.2) is 60.8 Å². The Morgan fingerprint density at radius 1 is 1.00 bits per heavy atom. The number of para-hydroxylation sites is 1. The van der Waals surface area contributed by atoms with Crippen LogP contribution in [0.25, 0.3) is 10.9 Å². The lowest BCUT2D eigenvalue weighted by Gasteiger charge is -2.27. The maximum atomic E-state index is 11.0. The molecule has 3 rings (SSSR count). The maximum absolute atomic E-state index is 11.0. The van der Waals surface area contributed by atoms with Crippen LogP contribution in [0, 0.1) is 6.92 Å². The number of aliphatic hydroxyl groups excluding tert-OH is 1. The van der Waals surface area contributed by atoms with E-state index in [4.69, 9.17) is 0 Å². The van der Waals surface area contributed by atoms with Gasteiger partial charge >= 0.3 is 0 Å². The molecule has 2 aromatic carbocycles. The molecule has 3 aromatic rings. The van der Waals surface area contributed by atoms with E-state index in [2.05, 4.69) is 73.3 Å². The second-order valence-electron chi connectivity index (χ2n) is 6.72. The van der Waals surface area contributed by atoms with Crippen LogP contribution in [0.4, 0.5) is 0 Å². The van der Waals surface area contributed by atoms with E-state index in [1.807, 2.05) is 18.2 Å². The number of hydrogen-bond acceptors (Lipinski definition) is 2. The Balaban J connectivity index is 0.00000225. The van der Waals surface area contributed by atoms with E-state index in [0.29, 0.717) is 12.6 Å². The molecule has 0 amide bonds. The molecule has 134 valence electrons. The minimum atomic E-state index is -0.509. The highest BCUT2D eigenvalue weighted by molar-refractivity contribution is 5.85. The quantitative estimate of drug-likeness (QED) is 0.688. The van der Waals surface area contributed by atoms with Gasteiger partial charge < -0.3 is 15.0 Å². The normalized spacial score (nSPS) is 13.6. The van der Waals surface area contributed by atoms with Gasteiger partial charge in [0.05, 0.1) is 12.1 Å². The molecule has 2 N–H and O–H groups in total. The predicted molar refractivity (Wildman–Crippen MR) is 108 cm³/mol. The molecule has 0 saturated carbocycles. The van der Waals surface area contributed by atoms with Gasteiger partial charge in [0.25, 0.3) is 0 Å². The Hall–Kier alpha value is -1.81. The first kappa shape index (κ1) is 19.5. The molecule has 0 radical (unpaired) electrons. The fourth-order valence-corrected chi connectivity index (χ4v) is 3.30. The Bertz CT molecular complexity index is 798. The molecule has 1 aromatic heterocycles. The van der Waals surface area contributed by atoms with Gasteiger partial charge in [-0.25, -0.2) is 0 Å². The number of halogens is 1. The second kappa shape index (κ2) is 8.52. The van der Waals surface area contributed by atoms with Crippen LogP contribution in [0.2, 0.25) is 0 Å². The molecular formula is C21H27ClN2O. The van der Waals surface area contributed by atoms with Gasteiger partial charge in [0.1, 0.15) is 0 Å². The summed E-state index contributed by atoms with van der Waals surface area (Å²) in [5.41, 5.74) is 3.51. The summed E-state index contributed by atoms with van der Waals surface area (Å²) in [6.07, 6.45) is 1.64. The van der Waals surface area contributed by atoms with Gasteiger partial charge in [-0.1, -0.05) is 62.4 Å². The van der Waals surface area contributed by atoms with E-state index < -0.39 is 6.10 Å². The summed E-state index contributed by atoms with van der Waals surface area (Å²) in [5.74, 6) is 0. The van der Waals surface area contributed by atoms with Crippen molar-refractivity contribution in [1.82, 2.24) is 9.88 Å². The summed E-state index contributed by atoms with van der Waals surface area (Å²) >= 11 is 0. The third-order valence-corrected chi connectivity index (χ3v) is 4.48. The van der Waals surface area contributed by atoms with E-state index in [0.717, 1.165) is 11.1 Å². The zero-order chi connectivity index (χ0) is 17.1. The van der Waals surface area contributed by atoms with E-state index in [1.165, 1.54) is 10.9 Å². The Morgan fingerprint density at radius 3 is 2.32 bits per heavy atom. The average molecular weight is 359 g/mol. The van der Waals surface area contributed by atoms with Gasteiger partial charge in [0.15, 0.2) is 0 Å². The molecular weight excluding hydrogens is 332 g/mol. The van der Waals surface area contributed by atoms with Gasteiger partial charge in [-0.15, -0.1) is 12.4 Å². The highest BCUT2D eigenvalue weighted by Crippen LogP contribution is 2.30. The minimum absolute atomic E-state index is 0. The summed E-state index contributed by atoms with van der Waals surface area (Å²) in [7, 11) is 0. The zero-order valence-corrected chi connectivity index (χ0v) is 15.8. The zero-order valence-electron chi connectivity index (χ0n) is 15.0. The molecule has 0 spiro atoms. The summed E-state index contributed by atoms with van der Waals surface area (Å²) in [5, 5.41) is 15.5. The lowest BCUT2D eigenvalue weighted by atomic mass is 10.0. The summed E-state index contributed by atoms with van der Waals surface area (Å²) < 4.78 is 2.21. The standard InChI is InChI=1S/C21H26N2O.ClH/c1-15(2)22-13-20(24)21(17-9-5-4-6-10-17)23-14-16(3)18-11-7-8-12-19(18)23;/h4-12,14-15,20-22,24H,13H2,1-3H3;1H. The SMILES string of the molecule is Cc1cn(C(c2ccccc2)C(O)CNC(C)C)c2ccccc12.Cl. The highest BCUT2D eigenvalue weighted by atomic mass is 35.5. The molecule has 2 atom stereocenters. The third kappa shape index (κ3) is 4.24. The van der Waals surface area contributed by atoms with Crippen LogP contribution in [0.5, 0.6) is 0 Å². The smallest absolute Gasteiger partial charge is 0.0912 e. The number of aryl methyl sites for hydroxylation is 1. The van der Waals surface area contributed by atoms with Gasteiger partial charge in [-0.05, 0) is 24.1 Å². The van der Waals surface area contributed by atoms with Gasteiger partial charge in [-0.2, -0.15) is 0 Å². The first-order valence-corrected chi connectivity index (χ1v) is 8.60. The Morgan fingerprint density at radius 2 is 1.64 bits per heavy atom. The number of aromatic nitrogens is 1. The fourth-order valence-electron chi connectivity index (χ4n) is 3.30. The third-order valence-electron chi connectivity index (χ3n) is 4.48. The van der Waals surface area contributed by atoms with Crippen LogP contribution in [0.3, 0.4) is 0 Å². The van der Waals surface area contributed by atoms with Crippen molar-refractivity contribution in [2.75, 3.05) is 6.54 Å². The van der Waals surface area contributed by atoms with Crippen molar-refractivity contribution in [3.05, 3.63) is 71.9 Å². The van der Waals surface area contributed by atoms with Crippen molar-refractivity contribution < 1.29 is 5.11 Å². The number of nitrogens with zero attached hydrogens (tertiary/aromatic N) is 1. The van der Waals surface area contributed by atoms with E-state index in [9.17, 15) is 5.11 Å². The lowest BCUT2D eigenvalue weighted by molar-refractivity contribution is 0.127. The largest absolute Gasteiger partial charge is 0.389 e. The number of benzene rings is 2. The molecule has 0 aliphatic rings. The van der Waals surface area contributed by atoms with Crippen LogP contribution in [-0.2, 0) is 0 Å². The molecule has 0 saturated heterocycles. The molecule has 0 aliphatic carbocycles. The monoisotopic (exact) mass is 358 g/mol. The Labute approximate surface area is 156 Å². The summed E-state index contributed by atoms with van der Waals surface area (Å²) in [6.45, 7) is 6.88. The molecule has 0 fully saturated rings. The number of nitrogens with one attached hydrogen (secondary N) is 1.